The molecule has 0 radical (unpaired) electrons. The van der Waals surface area contributed by atoms with E-state index in [0.29, 0.717) is 18.8 Å². The highest BCUT2D eigenvalue weighted by molar-refractivity contribution is 5.92. The first kappa shape index (κ1) is 17.2. The van der Waals surface area contributed by atoms with Crippen LogP contribution in [0.25, 0.3) is 0 Å². The molecular formula is C17H24N6O2. The lowest BCUT2D eigenvalue weighted by molar-refractivity contribution is 0.0664. The van der Waals surface area contributed by atoms with Crippen LogP contribution in [0.4, 0.5) is 5.69 Å². The molecular weight excluding hydrogens is 320 g/mol. The van der Waals surface area contributed by atoms with Gasteiger partial charge < -0.3 is 9.80 Å². The highest BCUT2D eigenvalue weighted by Crippen LogP contribution is 2.21. The van der Waals surface area contributed by atoms with Crippen LogP contribution in [0.1, 0.15) is 43.2 Å². The Balaban J connectivity index is 1.77. The zero-order valence-corrected chi connectivity index (χ0v) is 14.8. The number of nitrogens with one attached hydrogen (secondary N) is 1. The van der Waals surface area contributed by atoms with Gasteiger partial charge in [-0.15, -0.1) is 0 Å². The van der Waals surface area contributed by atoms with Gasteiger partial charge in [0.15, 0.2) is 0 Å². The van der Waals surface area contributed by atoms with Crippen molar-refractivity contribution in [1.29, 1.82) is 0 Å². The summed E-state index contributed by atoms with van der Waals surface area (Å²) < 4.78 is 1.50. The van der Waals surface area contributed by atoms with Crippen LogP contribution in [0, 0.1) is 0 Å². The lowest BCUT2D eigenvalue weighted by Gasteiger charge is -2.33. The minimum Gasteiger partial charge on any atom is -0.371 e. The van der Waals surface area contributed by atoms with Crippen molar-refractivity contribution in [2.75, 3.05) is 25.0 Å². The fourth-order valence-electron chi connectivity index (χ4n) is 3.06. The molecule has 0 bridgehead atoms. The Bertz CT molecular complexity index is 783. The Morgan fingerprint density at radius 1 is 1.44 bits per heavy atom. The lowest BCUT2D eigenvalue weighted by Crippen LogP contribution is -2.43. The quantitative estimate of drug-likeness (QED) is 0.903. The summed E-state index contributed by atoms with van der Waals surface area (Å²) in [6.45, 7) is 5.28. The van der Waals surface area contributed by atoms with E-state index in [1.807, 2.05) is 11.9 Å². The van der Waals surface area contributed by atoms with E-state index in [2.05, 4.69) is 29.1 Å². The highest BCUT2D eigenvalue weighted by atomic mass is 16.2. The predicted molar refractivity (Wildman–Crippen MR) is 94.8 cm³/mol. The molecule has 0 saturated carbocycles. The fraction of sp³-hybridized carbons (Fsp3) is 0.529. The second-order valence-electron chi connectivity index (χ2n) is 6.72. The zero-order valence-electron chi connectivity index (χ0n) is 14.8. The summed E-state index contributed by atoms with van der Waals surface area (Å²) in [4.78, 5) is 28.8. The molecule has 0 spiro atoms. The van der Waals surface area contributed by atoms with Crippen molar-refractivity contribution in [3.8, 4) is 0 Å². The number of carbonyl (C=O) groups is 1. The Hall–Kier alpha value is -2.64. The van der Waals surface area contributed by atoms with Crippen LogP contribution in [0.15, 0.2) is 29.3 Å². The van der Waals surface area contributed by atoms with Crippen molar-refractivity contribution in [3.63, 3.8) is 0 Å². The molecule has 2 aromatic rings. The van der Waals surface area contributed by atoms with Gasteiger partial charge in [-0.25, -0.2) is 4.68 Å². The summed E-state index contributed by atoms with van der Waals surface area (Å²) in [6.07, 6.45) is 4.95. The summed E-state index contributed by atoms with van der Waals surface area (Å²) >= 11 is 0. The van der Waals surface area contributed by atoms with E-state index in [-0.39, 0.29) is 23.6 Å². The number of hydrogen-bond acceptors (Lipinski definition) is 5. The number of nitrogens with zero attached hydrogens (tertiary/aromatic N) is 5. The molecule has 8 heteroatoms. The van der Waals surface area contributed by atoms with E-state index in [4.69, 9.17) is 0 Å². The maximum atomic E-state index is 12.5. The molecule has 1 saturated heterocycles. The lowest BCUT2D eigenvalue weighted by atomic mass is 10.1. The normalized spacial score (nSPS) is 17.8. The third-order valence-corrected chi connectivity index (χ3v) is 4.75. The van der Waals surface area contributed by atoms with Gasteiger partial charge in [-0.3, -0.25) is 14.7 Å². The second-order valence-corrected chi connectivity index (χ2v) is 6.72. The van der Waals surface area contributed by atoms with Gasteiger partial charge in [0.25, 0.3) is 11.5 Å². The van der Waals surface area contributed by atoms with E-state index in [1.165, 1.54) is 4.68 Å². The average molecular weight is 344 g/mol. The van der Waals surface area contributed by atoms with Crippen LogP contribution in [-0.2, 0) is 0 Å². The SMILES string of the molecule is CC(C)N(C)c1cnn([C@@H]2CCCN(C(=O)c3ccn[nH]3)C2)c(=O)c1. The molecule has 3 rings (SSSR count). The number of amides is 1. The molecule has 8 nitrogen and oxygen atoms in total. The van der Waals surface area contributed by atoms with E-state index in [9.17, 15) is 9.59 Å². The summed E-state index contributed by atoms with van der Waals surface area (Å²) in [6, 6.07) is 3.45. The zero-order chi connectivity index (χ0) is 18.0. The molecule has 0 unspecified atom stereocenters. The summed E-state index contributed by atoms with van der Waals surface area (Å²) in [7, 11) is 1.94. The number of piperidine rings is 1. The number of anilines is 1. The van der Waals surface area contributed by atoms with E-state index in [0.717, 1.165) is 18.5 Å². The van der Waals surface area contributed by atoms with E-state index >= 15 is 0 Å². The van der Waals surface area contributed by atoms with Crippen LogP contribution in [0.3, 0.4) is 0 Å². The van der Waals surface area contributed by atoms with Crippen LogP contribution < -0.4 is 10.5 Å². The van der Waals surface area contributed by atoms with Gasteiger partial charge in [0.05, 0.1) is 17.9 Å². The fourth-order valence-corrected chi connectivity index (χ4v) is 3.06. The van der Waals surface area contributed by atoms with Crippen LogP contribution in [-0.4, -0.2) is 57.0 Å². The number of aromatic amines is 1. The van der Waals surface area contributed by atoms with Crippen LogP contribution in [0.5, 0.6) is 0 Å². The monoisotopic (exact) mass is 344 g/mol. The molecule has 1 atom stereocenters. The van der Waals surface area contributed by atoms with E-state index < -0.39 is 0 Å². The van der Waals surface area contributed by atoms with Crippen molar-refractivity contribution in [2.45, 2.75) is 38.8 Å². The van der Waals surface area contributed by atoms with Crippen molar-refractivity contribution in [3.05, 3.63) is 40.6 Å². The minimum atomic E-state index is -0.133. The number of H-pyrrole nitrogens is 1. The van der Waals surface area contributed by atoms with Gasteiger partial charge in [-0.2, -0.15) is 10.2 Å². The van der Waals surface area contributed by atoms with Gasteiger partial charge >= 0.3 is 0 Å². The second kappa shape index (κ2) is 7.08. The Morgan fingerprint density at radius 2 is 2.24 bits per heavy atom. The Labute approximate surface area is 146 Å². The Kier molecular flexibility index (Phi) is 4.87. The summed E-state index contributed by atoms with van der Waals surface area (Å²) in [5, 5.41) is 10.9. The topological polar surface area (TPSA) is 87.1 Å². The third kappa shape index (κ3) is 3.57. The maximum Gasteiger partial charge on any atom is 0.271 e. The van der Waals surface area contributed by atoms with Gasteiger partial charge in [0, 0.05) is 38.4 Å². The first-order valence-corrected chi connectivity index (χ1v) is 8.57. The standard InChI is InChI=1S/C17H24N6O2/c1-12(2)21(3)14-9-16(24)23(19-10-14)13-5-4-8-22(11-13)17(25)15-6-7-18-20-15/h6-7,9-10,12-13H,4-5,8,11H2,1-3H3,(H,18,20)/t13-/m1/s1. The number of carbonyl (C=O) groups excluding carboxylic acids is 1. The third-order valence-electron chi connectivity index (χ3n) is 4.75. The molecule has 134 valence electrons. The summed E-state index contributed by atoms with van der Waals surface area (Å²) in [5.41, 5.74) is 1.14. The first-order chi connectivity index (χ1) is 12.0. The maximum absolute atomic E-state index is 12.5. The number of rotatable bonds is 4. The number of aromatic nitrogens is 4. The van der Waals surface area contributed by atoms with Crippen molar-refractivity contribution < 1.29 is 4.79 Å². The number of likely N-dealkylation sites (tertiary alicyclic amines) is 1. The highest BCUT2D eigenvalue weighted by Gasteiger charge is 2.27. The average Bonchev–Trinajstić information content (AvgIpc) is 3.15. The van der Waals surface area contributed by atoms with Crippen molar-refractivity contribution in [2.24, 2.45) is 0 Å². The van der Waals surface area contributed by atoms with Gasteiger partial charge in [0.1, 0.15) is 5.69 Å². The van der Waals surface area contributed by atoms with Crippen LogP contribution >= 0.6 is 0 Å². The van der Waals surface area contributed by atoms with Crippen LogP contribution in [0.2, 0.25) is 0 Å². The molecule has 0 aliphatic carbocycles. The van der Waals surface area contributed by atoms with Gasteiger partial charge in [0.2, 0.25) is 0 Å². The predicted octanol–water partition coefficient (Wildman–Crippen LogP) is 1.29. The largest absolute Gasteiger partial charge is 0.371 e. The smallest absolute Gasteiger partial charge is 0.271 e. The first-order valence-electron chi connectivity index (χ1n) is 8.57. The number of hydrogen-bond donors (Lipinski definition) is 1. The minimum absolute atomic E-state index is 0.0913. The molecule has 1 N–H and O–H groups in total. The molecule has 1 amide bonds. The van der Waals surface area contributed by atoms with E-state index in [1.54, 1.807) is 29.4 Å². The molecule has 2 aromatic heterocycles. The van der Waals surface area contributed by atoms with Gasteiger partial charge in [-0.1, -0.05) is 0 Å². The molecule has 3 heterocycles. The molecule has 25 heavy (non-hydrogen) atoms. The summed E-state index contributed by atoms with van der Waals surface area (Å²) in [5.74, 6) is -0.0913. The Morgan fingerprint density at radius 3 is 2.88 bits per heavy atom. The molecule has 1 fully saturated rings. The van der Waals surface area contributed by atoms with Crippen molar-refractivity contribution in [1.82, 2.24) is 24.9 Å². The molecule has 1 aliphatic rings. The van der Waals surface area contributed by atoms with Crippen molar-refractivity contribution >= 4 is 11.6 Å². The van der Waals surface area contributed by atoms with Gasteiger partial charge in [-0.05, 0) is 32.8 Å². The molecule has 1 aliphatic heterocycles. The molecule has 0 aromatic carbocycles.